The molecule has 0 aliphatic rings. The van der Waals surface area contributed by atoms with Crippen molar-refractivity contribution in [2.45, 2.75) is 13.5 Å². The van der Waals surface area contributed by atoms with Gasteiger partial charge in [0, 0.05) is 12.2 Å². The Morgan fingerprint density at radius 3 is 2.26 bits per heavy atom. The molecule has 0 bridgehead atoms. The van der Waals surface area contributed by atoms with E-state index in [0.717, 1.165) is 23.4 Å². The van der Waals surface area contributed by atoms with Crippen LogP contribution in [0, 0.1) is 24.4 Å². The van der Waals surface area contributed by atoms with Crippen molar-refractivity contribution in [3.8, 4) is 5.75 Å². The maximum Gasteiger partial charge on any atom is 0.194 e. The summed E-state index contributed by atoms with van der Waals surface area (Å²) in [5, 5.41) is 12.2. The first-order chi connectivity index (χ1) is 8.97. The zero-order valence-corrected chi connectivity index (χ0v) is 10.2. The molecule has 0 aliphatic heterocycles. The Balaban J connectivity index is 2.14. The molecular weight excluding hydrogens is 255 g/mol. The molecule has 0 saturated carbocycles. The van der Waals surface area contributed by atoms with Crippen LogP contribution in [0.2, 0.25) is 0 Å². The standard InChI is InChI=1S/C14H12F3NO/c1-8-4-10(19)2-3-13(8)18-7-9-5-11(15)14(17)12(16)6-9/h2-6,18-19H,7H2,1H3. The second-order valence-corrected chi connectivity index (χ2v) is 4.23. The largest absolute Gasteiger partial charge is 0.508 e. The summed E-state index contributed by atoms with van der Waals surface area (Å²) in [7, 11) is 0. The van der Waals surface area contributed by atoms with E-state index in [4.69, 9.17) is 0 Å². The maximum absolute atomic E-state index is 13.0. The molecule has 0 spiro atoms. The molecule has 19 heavy (non-hydrogen) atoms. The molecule has 0 amide bonds. The average molecular weight is 267 g/mol. The van der Waals surface area contributed by atoms with E-state index in [0.29, 0.717) is 5.56 Å². The van der Waals surface area contributed by atoms with E-state index in [1.54, 1.807) is 19.1 Å². The predicted octanol–water partition coefficient (Wildman–Crippen LogP) is 3.73. The number of rotatable bonds is 3. The minimum Gasteiger partial charge on any atom is -0.508 e. The molecule has 2 nitrogen and oxygen atoms in total. The highest BCUT2D eigenvalue weighted by Crippen LogP contribution is 2.21. The minimum atomic E-state index is -1.47. The predicted molar refractivity (Wildman–Crippen MR) is 66.5 cm³/mol. The van der Waals surface area contributed by atoms with Gasteiger partial charge in [0.15, 0.2) is 17.5 Å². The molecule has 0 aliphatic carbocycles. The fourth-order valence-electron chi connectivity index (χ4n) is 1.75. The Kier molecular flexibility index (Phi) is 3.64. The van der Waals surface area contributed by atoms with Crippen LogP contribution in [0.25, 0.3) is 0 Å². The van der Waals surface area contributed by atoms with Gasteiger partial charge in [0.2, 0.25) is 0 Å². The van der Waals surface area contributed by atoms with Crippen LogP contribution in [-0.4, -0.2) is 5.11 Å². The van der Waals surface area contributed by atoms with Crippen LogP contribution in [0.4, 0.5) is 18.9 Å². The zero-order chi connectivity index (χ0) is 14.0. The van der Waals surface area contributed by atoms with Gasteiger partial charge in [-0.15, -0.1) is 0 Å². The van der Waals surface area contributed by atoms with E-state index in [1.165, 1.54) is 6.07 Å². The molecule has 0 saturated heterocycles. The number of benzene rings is 2. The molecule has 0 aromatic heterocycles. The fraction of sp³-hybridized carbons (Fsp3) is 0.143. The van der Waals surface area contributed by atoms with E-state index >= 15 is 0 Å². The highest BCUT2D eigenvalue weighted by atomic mass is 19.2. The lowest BCUT2D eigenvalue weighted by Gasteiger charge is -2.10. The summed E-state index contributed by atoms with van der Waals surface area (Å²) in [5.74, 6) is -3.75. The van der Waals surface area contributed by atoms with Crippen LogP contribution in [0.3, 0.4) is 0 Å². The van der Waals surface area contributed by atoms with Crippen molar-refractivity contribution in [2.75, 3.05) is 5.32 Å². The van der Waals surface area contributed by atoms with E-state index in [-0.39, 0.29) is 12.3 Å². The Morgan fingerprint density at radius 1 is 1.05 bits per heavy atom. The fourth-order valence-corrected chi connectivity index (χ4v) is 1.75. The number of anilines is 1. The number of hydrogen-bond donors (Lipinski definition) is 2. The smallest absolute Gasteiger partial charge is 0.194 e. The molecule has 2 aromatic rings. The van der Waals surface area contributed by atoms with Crippen LogP contribution in [-0.2, 0) is 6.54 Å². The van der Waals surface area contributed by atoms with Crippen LogP contribution in [0.15, 0.2) is 30.3 Å². The van der Waals surface area contributed by atoms with Crippen molar-refractivity contribution in [1.82, 2.24) is 0 Å². The van der Waals surface area contributed by atoms with E-state index in [1.807, 2.05) is 0 Å². The number of phenolic OH excluding ortho intramolecular Hbond substituents is 1. The van der Waals surface area contributed by atoms with Crippen LogP contribution >= 0.6 is 0 Å². The van der Waals surface area contributed by atoms with Gasteiger partial charge in [0.25, 0.3) is 0 Å². The monoisotopic (exact) mass is 267 g/mol. The molecule has 2 aromatic carbocycles. The number of phenols is 1. The number of aryl methyl sites for hydroxylation is 1. The minimum absolute atomic E-state index is 0.141. The van der Waals surface area contributed by atoms with Crippen molar-refractivity contribution >= 4 is 5.69 Å². The van der Waals surface area contributed by atoms with Crippen molar-refractivity contribution in [1.29, 1.82) is 0 Å². The lowest BCUT2D eigenvalue weighted by Crippen LogP contribution is -2.03. The van der Waals surface area contributed by atoms with E-state index in [2.05, 4.69) is 5.32 Å². The van der Waals surface area contributed by atoms with Crippen molar-refractivity contribution in [3.63, 3.8) is 0 Å². The van der Waals surface area contributed by atoms with Gasteiger partial charge >= 0.3 is 0 Å². The van der Waals surface area contributed by atoms with Crippen LogP contribution in [0.1, 0.15) is 11.1 Å². The highest BCUT2D eigenvalue weighted by molar-refractivity contribution is 5.53. The van der Waals surface area contributed by atoms with E-state index < -0.39 is 17.5 Å². The first-order valence-electron chi connectivity index (χ1n) is 5.64. The van der Waals surface area contributed by atoms with Gasteiger partial charge in [-0.25, -0.2) is 13.2 Å². The second kappa shape index (κ2) is 5.22. The van der Waals surface area contributed by atoms with Gasteiger partial charge in [-0.1, -0.05) is 0 Å². The Hall–Kier alpha value is -2.17. The third-order valence-electron chi connectivity index (χ3n) is 2.74. The Morgan fingerprint density at radius 2 is 1.68 bits per heavy atom. The van der Waals surface area contributed by atoms with Gasteiger partial charge < -0.3 is 10.4 Å². The lowest BCUT2D eigenvalue weighted by atomic mass is 10.1. The van der Waals surface area contributed by atoms with Gasteiger partial charge in [0.05, 0.1) is 0 Å². The summed E-state index contributed by atoms with van der Waals surface area (Å²) < 4.78 is 38.8. The SMILES string of the molecule is Cc1cc(O)ccc1NCc1cc(F)c(F)c(F)c1. The summed E-state index contributed by atoms with van der Waals surface area (Å²) >= 11 is 0. The maximum atomic E-state index is 13.0. The number of nitrogens with one attached hydrogen (secondary N) is 1. The van der Waals surface area contributed by atoms with Gasteiger partial charge in [-0.3, -0.25) is 0 Å². The molecule has 5 heteroatoms. The zero-order valence-electron chi connectivity index (χ0n) is 10.2. The third-order valence-corrected chi connectivity index (χ3v) is 2.74. The van der Waals surface area contributed by atoms with Crippen molar-refractivity contribution < 1.29 is 18.3 Å². The molecule has 0 atom stereocenters. The summed E-state index contributed by atoms with van der Waals surface area (Å²) in [4.78, 5) is 0. The molecule has 0 unspecified atom stereocenters. The highest BCUT2D eigenvalue weighted by Gasteiger charge is 2.10. The van der Waals surface area contributed by atoms with E-state index in [9.17, 15) is 18.3 Å². The summed E-state index contributed by atoms with van der Waals surface area (Å²) in [5.41, 5.74) is 1.81. The molecule has 2 N–H and O–H groups in total. The van der Waals surface area contributed by atoms with Crippen molar-refractivity contribution in [2.24, 2.45) is 0 Å². The molecule has 0 fully saturated rings. The van der Waals surface area contributed by atoms with Gasteiger partial charge in [-0.05, 0) is 48.4 Å². The topological polar surface area (TPSA) is 32.3 Å². The van der Waals surface area contributed by atoms with Gasteiger partial charge in [-0.2, -0.15) is 0 Å². The number of aromatic hydroxyl groups is 1. The molecule has 2 rings (SSSR count). The third kappa shape index (κ3) is 2.99. The first kappa shape index (κ1) is 13.3. The van der Waals surface area contributed by atoms with Crippen LogP contribution in [0.5, 0.6) is 5.75 Å². The Bertz CT molecular complexity index is 591. The summed E-state index contributed by atoms with van der Waals surface area (Å²) in [6, 6.07) is 6.61. The summed E-state index contributed by atoms with van der Waals surface area (Å²) in [6.45, 7) is 1.94. The molecule has 0 heterocycles. The second-order valence-electron chi connectivity index (χ2n) is 4.23. The van der Waals surface area contributed by atoms with Crippen LogP contribution < -0.4 is 5.32 Å². The quantitative estimate of drug-likeness (QED) is 0.656. The Labute approximate surface area is 108 Å². The van der Waals surface area contributed by atoms with Crippen molar-refractivity contribution in [3.05, 3.63) is 58.9 Å². The lowest BCUT2D eigenvalue weighted by molar-refractivity contribution is 0.445. The summed E-state index contributed by atoms with van der Waals surface area (Å²) in [6.07, 6.45) is 0. The molecule has 0 radical (unpaired) electrons. The first-order valence-corrected chi connectivity index (χ1v) is 5.64. The average Bonchev–Trinajstić information content (AvgIpc) is 2.34. The number of hydrogen-bond acceptors (Lipinski definition) is 2. The normalized spacial score (nSPS) is 10.5. The molecule has 100 valence electrons. The molecular formula is C14H12F3NO. The number of halogens is 3. The van der Waals surface area contributed by atoms with Gasteiger partial charge in [0.1, 0.15) is 5.75 Å².